The first-order chi connectivity index (χ1) is 11.1. The van der Waals surface area contributed by atoms with E-state index in [1.807, 2.05) is 0 Å². The molecule has 0 fully saturated rings. The van der Waals surface area contributed by atoms with Crippen LogP contribution < -0.4 is 10.6 Å². The maximum atomic E-state index is 12.8. The van der Waals surface area contributed by atoms with Crippen molar-refractivity contribution in [3.63, 3.8) is 0 Å². The number of carbonyl (C=O) groups excluding carboxylic acids is 1. The Morgan fingerprint density at radius 3 is 2.52 bits per heavy atom. The van der Waals surface area contributed by atoms with Gasteiger partial charge in [-0.1, -0.05) is 24.3 Å². The van der Waals surface area contributed by atoms with E-state index in [9.17, 15) is 14.3 Å². The van der Waals surface area contributed by atoms with Gasteiger partial charge in [0.15, 0.2) is 0 Å². The summed E-state index contributed by atoms with van der Waals surface area (Å²) in [5.74, 6) is -0.604. The number of hydrogen-bond donors (Lipinski definition) is 4. The van der Waals surface area contributed by atoms with Gasteiger partial charge in [0.05, 0.1) is 18.3 Å². The van der Waals surface area contributed by atoms with Gasteiger partial charge in [0.2, 0.25) is 0 Å². The molecule has 0 saturated heterocycles. The predicted octanol–water partition coefficient (Wildman–Crippen LogP) is 1.52. The SMILES string of the molecule is O=C(NCc1ccc(F)cc1)c1ccccc1NCC(O)CO. The summed E-state index contributed by atoms with van der Waals surface area (Å²) in [5, 5.41) is 23.9. The number of aliphatic hydroxyl groups is 2. The largest absolute Gasteiger partial charge is 0.394 e. The van der Waals surface area contributed by atoms with Gasteiger partial charge in [-0.3, -0.25) is 4.79 Å². The minimum Gasteiger partial charge on any atom is -0.394 e. The van der Waals surface area contributed by atoms with Crippen LogP contribution in [0.3, 0.4) is 0 Å². The minimum absolute atomic E-state index is 0.138. The van der Waals surface area contributed by atoms with E-state index in [2.05, 4.69) is 10.6 Å². The molecule has 23 heavy (non-hydrogen) atoms. The third-order valence-electron chi connectivity index (χ3n) is 3.28. The highest BCUT2D eigenvalue weighted by Gasteiger charge is 2.11. The summed E-state index contributed by atoms with van der Waals surface area (Å²) in [4.78, 5) is 12.3. The van der Waals surface area contributed by atoms with Crippen LogP contribution in [-0.2, 0) is 6.54 Å². The second kappa shape index (κ2) is 8.26. The van der Waals surface area contributed by atoms with Gasteiger partial charge in [-0.2, -0.15) is 0 Å². The van der Waals surface area contributed by atoms with Crippen LogP contribution in [0.15, 0.2) is 48.5 Å². The Morgan fingerprint density at radius 2 is 1.83 bits per heavy atom. The van der Waals surface area contributed by atoms with Crippen molar-refractivity contribution in [1.29, 1.82) is 0 Å². The molecule has 0 aliphatic carbocycles. The van der Waals surface area contributed by atoms with Gasteiger partial charge in [0.1, 0.15) is 5.82 Å². The van der Waals surface area contributed by atoms with Gasteiger partial charge in [-0.25, -0.2) is 4.39 Å². The van der Waals surface area contributed by atoms with Crippen LogP contribution in [0.5, 0.6) is 0 Å². The number of nitrogens with one attached hydrogen (secondary N) is 2. The number of anilines is 1. The average molecular weight is 318 g/mol. The summed E-state index contributed by atoms with van der Waals surface area (Å²) in [5.41, 5.74) is 1.79. The summed E-state index contributed by atoms with van der Waals surface area (Å²) in [7, 11) is 0. The van der Waals surface area contributed by atoms with Crippen LogP contribution in [0.4, 0.5) is 10.1 Å². The van der Waals surface area contributed by atoms with Gasteiger partial charge in [-0.05, 0) is 29.8 Å². The molecule has 0 aliphatic heterocycles. The maximum Gasteiger partial charge on any atom is 0.253 e. The Labute approximate surface area is 133 Å². The summed E-state index contributed by atoms with van der Waals surface area (Å²) < 4.78 is 12.8. The lowest BCUT2D eigenvalue weighted by molar-refractivity contribution is 0.0950. The van der Waals surface area contributed by atoms with Crippen molar-refractivity contribution in [2.24, 2.45) is 0 Å². The van der Waals surface area contributed by atoms with Gasteiger partial charge in [-0.15, -0.1) is 0 Å². The zero-order chi connectivity index (χ0) is 16.7. The highest BCUT2D eigenvalue weighted by Crippen LogP contribution is 2.15. The van der Waals surface area contributed by atoms with Gasteiger partial charge < -0.3 is 20.8 Å². The van der Waals surface area contributed by atoms with Crippen molar-refractivity contribution >= 4 is 11.6 Å². The molecule has 1 atom stereocenters. The van der Waals surface area contributed by atoms with Crippen molar-refractivity contribution in [1.82, 2.24) is 5.32 Å². The Balaban J connectivity index is 1.99. The molecule has 122 valence electrons. The highest BCUT2D eigenvalue weighted by molar-refractivity contribution is 5.99. The monoisotopic (exact) mass is 318 g/mol. The lowest BCUT2D eigenvalue weighted by Crippen LogP contribution is -2.26. The van der Waals surface area contributed by atoms with Gasteiger partial charge in [0, 0.05) is 18.8 Å². The molecule has 0 heterocycles. The van der Waals surface area contributed by atoms with E-state index in [0.717, 1.165) is 5.56 Å². The van der Waals surface area contributed by atoms with Crippen molar-refractivity contribution in [3.05, 3.63) is 65.5 Å². The smallest absolute Gasteiger partial charge is 0.253 e. The molecule has 5 nitrogen and oxygen atoms in total. The van der Waals surface area contributed by atoms with Crippen molar-refractivity contribution in [2.45, 2.75) is 12.6 Å². The van der Waals surface area contributed by atoms with Crippen molar-refractivity contribution in [2.75, 3.05) is 18.5 Å². The number of benzene rings is 2. The van der Waals surface area contributed by atoms with E-state index in [0.29, 0.717) is 11.3 Å². The molecule has 0 aliphatic rings. The first kappa shape index (κ1) is 16.9. The molecule has 2 aromatic carbocycles. The summed E-state index contributed by atoms with van der Waals surface area (Å²) in [6.07, 6.45) is -0.898. The highest BCUT2D eigenvalue weighted by atomic mass is 19.1. The van der Waals surface area contributed by atoms with Crippen LogP contribution in [0.25, 0.3) is 0 Å². The van der Waals surface area contributed by atoms with Crippen LogP contribution in [0, 0.1) is 5.82 Å². The number of aliphatic hydroxyl groups excluding tert-OH is 2. The third kappa shape index (κ3) is 5.05. The van der Waals surface area contributed by atoms with E-state index in [1.54, 1.807) is 36.4 Å². The average Bonchev–Trinajstić information content (AvgIpc) is 2.59. The normalized spacial score (nSPS) is 11.8. The second-order valence-corrected chi connectivity index (χ2v) is 5.07. The Kier molecular flexibility index (Phi) is 6.08. The fraction of sp³-hybridized carbons (Fsp3) is 0.235. The molecular formula is C17H19FN2O3. The van der Waals surface area contributed by atoms with E-state index < -0.39 is 6.10 Å². The number of amides is 1. The Bertz CT molecular complexity index is 647. The van der Waals surface area contributed by atoms with Crippen LogP contribution in [-0.4, -0.2) is 35.4 Å². The molecule has 4 N–H and O–H groups in total. The number of carbonyl (C=O) groups is 1. The number of hydrogen-bond acceptors (Lipinski definition) is 4. The van der Waals surface area contributed by atoms with E-state index in [4.69, 9.17) is 5.11 Å². The van der Waals surface area contributed by atoms with Gasteiger partial charge >= 0.3 is 0 Å². The number of halogens is 1. The lowest BCUT2D eigenvalue weighted by atomic mass is 10.1. The van der Waals surface area contributed by atoms with E-state index in [1.165, 1.54) is 12.1 Å². The first-order valence-corrected chi connectivity index (χ1v) is 7.24. The van der Waals surface area contributed by atoms with Crippen molar-refractivity contribution in [3.8, 4) is 0 Å². The predicted molar refractivity (Wildman–Crippen MR) is 85.6 cm³/mol. The Morgan fingerprint density at radius 1 is 1.13 bits per heavy atom. The fourth-order valence-corrected chi connectivity index (χ4v) is 2.01. The zero-order valence-corrected chi connectivity index (χ0v) is 12.5. The van der Waals surface area contributed by atoms with Crippen LogP contribution >= 0.6 is 0 Å². The molecule has 0 spiro atoms. The summed E-state index contributed by atoms with van der Waals surface area (Å²) >= 11 is 0. The molecule has 1 amide bonds. The summed E-state index contributed by atoms with van der Waals surface area (Å²) in [6.45, 7) is 0.0669. The minimum atomic E-state index is -0.898. The number of rotatable bonds is 7. The molecule has 2 rings (SSSR count). The third-order valence-corrected chi connectivity index (χ3v) is 3.28. The lowest BCUT2D eigenvalue weighted by Gasteiger charge is -2.14. The zero-order valence-electron chi connectivity index (χ0n) is 12.5. The molecular weight excluding hydrogens is 299 g/mol. The molecule has 0 bridgehead atoms. The molecule has 2 aromatic rings. The quantitative estimate of drug-likeness (QED) is 0.624. The van der Waals surface area contributed by atoms with Crippen LogP contribution in [0.2, 0.25) is 0 Å². The molecule has 0 aromatic heterocycles. The van der Waals surface area contributed by atoms with E-state index >= 15 is 0 Å². The molecule has 0 saturated carbocycles. The molecule has 0 radical (unpaired) electrons. The maximum absolute atomic E-state index is 12.8. The second-order valence-electron chi connectivity index (χ2n) is 5.07. The van der Waals surface area contributed by atoms with Gasteiger partial charge in [0.25, 0.3) is 5.91 Å². The van der Waals surface area contributed by atoms with Crippen LogP contribution in [0.1, 0.15) is 15.9 Å². The standard InChI is InChI=1S/C17H19FN2O3/c18-13-7-5-12(6-8-13)9-20-17(23)15-3-1-2-4-16(15)19-10-14(22)11-21/h1-8,14,19,21-22H,9-11H2,(H,20,23). The number of para-hydroxylation sites is 1. The first-order valence-electron chi connectivity index (χ1n) is 7.24. The fourth-order valence-electron chi connectivity index (χ4n) is 2.01. The molecule has 1 unspecified atom stereocenters. The van der Waals surface area contributed by atoms with Crippen molar-refractivity contribution < 1.29 is 19.4 Å². The topological polar surface area (TPSA) is 81.6 Å². The van der Waals surface area contributed by atoms with E-state index in [-0.39, 0.29) is 31.4 Å². The Hall–Kier alpha value is -2.44. The summed E-state index contributed by atoms with van der Waals surface area (Å²) in [6, 6.07) is 12.8. The molecule has 6 heteroatoms.